The average molecular weight is 240 g/mol. The molecule has 0 unspecified atom stereocenters. The Morgan fingerprint density at radius 3 is 2.35 bits per heavy atom. The SMILES string of the molecule is CCN(CC)C/C(C)=N\NC(=N)CCC(C)C. The summed E-state index contributed by atoms with van der Waals surface area (Å²) < 4.78 is 0. The Morgan fingerprint density at radius 2 is 1.88 bits per heavy atom. The van der Waals surface area contributed by atoms with Crippen LogP contribution >= 0.6 is 0 Å². The highest BCUT2D eigenvalue weighted by molar-refractivity contribution is 5.86. The minimum absolute atomic E-state index is 0.512. The molecule has 0 aromatic heterocycles. The molecule has 0 spiro atoms. The zero-order chi connectivity index (χ0) is 13.3. The normalized spacial score (nSPS) is 12.3. The zero-order valence-electron chi connectivity index (χ0n) is 12.0. The van der Waals surface area contributed by atoms with Gasteiger partial charge in [-0.3, -0.25) is 15.7 Å². The van der Waals surface area contributed by atoms with Gasteiger partial charge in [0.25, 0.3) is 0 Å². The van der Waals surface area contributed by atoms with Gasteiger partial charge in [0.15, 0.2) is 0 Å². The lowest BCUT2D eigenvalue weighted by Crippen LogP contribution is -2.30. The minimum Gasteiger partial charge on any atom is -0.298 e. The highest BCUT2D eigenvalue weighted by atomic mass is 15.3. The van der Waals surface area contributed by atoms with Crippen LogP contribution in [0.1, 0.15) is 47.5 Å². The molecule has 0 atom stereocenters. The van der Waals surface area contributed by atoms with E-state index in [2.05, 4.69) is 43.1 Å². The molecule has 2 N–H and O–H groups in total. The van der Waals surface area contributed by atoms with Gasteiger partial charge in [-0.05, 0) is 32.4 Å². The summed E-state index contributed by atoms with van der Waals surface area (Å²) in [4.78, 5) is 2.30. The van der Waals surface area contributed by atoms with Gasteiger partial charge in [-0.2, -0.15) is 5.10 Å². The maximum Gasteiger partial charge on any atom is 0.114 e. The number of hydrogen-bond acceptors (Lipinski definition) is 3. The van der Waals surface area contributed by atoms with Crippen LogP contribution in [-0.2, 0) is 0 Å². The summed E-state index contributed by atoms with van der Waals surface area (Å²) in [6.45, 7) is 13.6. The highest BCUT2D eigenvalue weighted by Gasteiger charge is 2.02. The summed E-state index contributed by atoms with van der Waals surface area (Å²) in [6.07, 6.45) is 1.82. The molecule has 0 bridgehead atoms. The van der Waals surface area contributed by atoms with E-state index < -0.39 is 0 Å². The Labute approximate surface area is 106 Å². The molecule has 0 aliphatic rings. The topological polar surface area (TPSA) is 51.5 Å². The van der Waals surface area contributed by atoms with Gasteiger partial charge in [0.2, 0.25) is 0 Å². The van der Waals surface area contributed by atoms with Crippen LogP contribution in [0.15, 0.2) is 5.10 Å². The monoisotopic (exact) mass is 240 g/mol. The first kappa shape index (κ1) is 16.1. The molecule has 100 valence electrons. The number of nitrogens with one attached hydrogen (secondary N) is 2. The lowest BCUT2D eigenvalue weighted by Gasteiger charge is -2.17. The van der Waals surface area contributed by atoms with E-state index >= 15 is 0 Å². The van der Waals surface area contributed by atoms with Gasteiger partial charge in [0, 0.05) is 18.7 Å². The molecule has 0 rings (SSSR count). The molecule has 4 nitrogen and oxygen atoms in total. The van der Waals surface area contributed by atoms with E-state index in [4.69, 9.17) is 5.41 Å². The first-order chi connectivity index (χ1) is 7.99. The van der Waals surface area contributed by atoms with E-state index in [1.807, 2.05) is 6.92 Å². The minimum atomic E-state index is 0.512. The van der Waals surface area contributed by atoms with E-state index in [0.29, 0.717) is 11.8 Å². The molecule has 0 fully saturated rings. The van der Waals surface area contributed by atoms with E-state index in [1.165, 1.54) is 0 Å². The molecule has 0 aliphatic heterocycles. The molecule has 0 aliphatic carbocycles. The van der Waals surface area contributed by atoms with Crippen LogP contribution in [0.2, 0.25) is 0 Å². The Hall–Kier alpha value is -0.900. The molecular formula is C13H28N4. The smallest absolute Gasteiger partial charge is 0.114 e. The van der Waals surface area contributed by atoms with Crippen LogP contribution in [-0.4, -0.2) is 36.1 Å². The van der Waals surface area contributed by atoms with Crippen LogP contribution in [0.5, 0.6) is 0 Å². The third kappa shape index (κ3) is 8.86. The molecule has 4 heteroatoms. The van der Waals surface area contributed by atoms with E-state index in [9.17, 15) is 0 Å². The third-order valence-electron chi connectivity index (χ3n) is 2.70. The largest absolute Gasteiger partial charge is 0.298 e. The fourth-order valence-electron chi connectivity index (χ4n) is 1.46. The van der Waals surface area contributed by atoms with Crippen molar-refractivity contribution in [3.05, 3.63) is 0 Å². The summed E-state index contributed by atoms with van der Waals surface area (Å²) in [5, 5.41) is 12.0. The van der Waals surface area contributed by atoms with Gasteiger partial charge in [-0.1, -0.05) is 27.7 Å². The van der Waals surface area contributed by atoms with Crippen molar-refractivity contribution in [2.75, 3.05) is 19.6 Å². The molecule has 0 heterocycles. The van der Waals surface area contributed by atoms with Crippen LogP contribution in [0.4, 0.5) is 0 Å². The second kappa shape index (κ2) is 9.16. The maximum absolute atomic E-state index is 7.72. The average Bonchev–Trinajstić information content (AvgIpc) is 2.30. The van der Waals surface area contributed by atoms with Crippen LogP contribution in [0.3, 0.4) is 0 Å². The third-order valence-corrected chi connectivity index (χ3v) is 2.70. The maximum atomic E-state index is 7.72. The van der Waals surface area contributed by atoms with Gasteiger partial charge >= 0.3 is 0 Å². The van der Waals surface area contributed by atoms with Crippen LogP contribution < -0.4 is 5.43 Å². The molecular weight excluding hydrogens is 212 g/mol. The Kier molecular flexibility index (Phi) is 8.68. The first-order valence-electron chi connectivity index (χ1n) is 6.58. The fourth-order valence-corrected chi connectivity index (χ4v) is 1.46. The second-order valence-electron chi connectivity index (χ2n) is 4.83. The Balaban J connectivity index is 3.93. The lowest BCUT2D eigenvalue weighted by molar-refractivity contribution is 0.346. The van der Waals surface area contributed by atoms with Gasteiger partial charge in [0.1, 0.15) is 5.84 Å². The van der Waals surface area contributed by atoms with Crippen molar-refractivity contribution in [3.8, 4) is 0 Å². The summed E-state index contributed by atoms with van der Waals surface area (Å²) >= 11 is 0. The van der Waals surface area contributed by atoms with Crippen molar-refractivity contribution < 1.29 is 0 Å². The predicted octanol–water partition coefficient (Wildman–Crippen LogP) is 2.71. The Morgan fingerprint density at radius 1 is 1.29 bits per heavy atom. The summed E-state index contributed by atoms with van der Waals surface area (Å²) in [5.74, 6) is 1.15. The summed E-state index contributed by atoms with van der Waals surface area (Å²) in [6, 6.07) is 0. The van der Waals surface area contributed by atoms with Gasteiger partial charge < -0.3 is 0 Å². The molecule has 0 amide bonds. The van der Waals surface area contributed by atoms with Crippen molar-refractivity contribution in [1.29, 1.82) is 5.41 Å². The molecule has 0 radical (unpaired) electrons. The molecule has 0 saturated heterocycles. The number of hydrogen-bond donors (Lipinski definition) is 2. The molecule has 17 heavy (non-hydrogen) atoms. The highest BCUT2D eigenvalue weighted by Crippen LogP contribution is 2.02. The van der Waals surface area contributed by atoms with Crippen molar-refractivity contribution >= 4 is 11.5 Å². The first-order valence-corrected chi connectivity index (χ1v) is 6.58. The van der Waals surface area contributed by atoms with E-state index in [-0.39, 0.29) is 0 Å². The van der Waals surface area contributed by atoms with Gasteiger partial charge in [0.05, 0.1) is 0 Å². The number of amidine groups is 1. The standard InChI is InChI=1S/C13H28N4/c1-6-17(7-2)10-12(5)15-16-13(14)9-8-11(3)4/h11H,6-10H2,1-5H3,(H2,14,16)/b15-12-. The van der Waals surface area contributed by atoms with Crippen molar-refractivity contribution in [3.63, 3.8) is 0 Å². The molecule has 0 aromatic carbocycles. The van der Waals surface area contributed by atoms with Crippen molar-refractivity contribution in [2.45, 2.75) is 47.5 Å². The number of hydrazone groups is 1. The predicted molar refractivity (Wildman–Crippen MR) is 75.8 cm³/mol. The van der Waals surface area contributed by atoms with Crippen molar-refractivity contribution in [2.24, 2.45) is 11.0 Å². The van der Waals surface area contributed by atoms with Crippen LogP contribution in [0, 0.1) is 11.3 Å². The summed E-state index contributed by atoms with van der Waals surface area (Å²) in [7, 11) is 0. The number of rotatable bonds is 8. The zero-order valence-corrected chi connectivity index (χ0v) is 12.0. The summed E-state index contributed by atoms with van der Waals surface area (Å²) in [5.41, 5.74) is 3.87. The van der Waals surface area contributed by atoms with Crippen LogP contribution in [0.25, 0.3) is 0 Å². The molecule has 0 aromatic rings. The van der Waals surface area contributed by atoms with E-state index in [0.717, 1.165) is 38.2 Å². The second-order valence-corrected chi connectivity index (χ2v) is 4.83. The quantitative estimate of drug-likeness (QED) is 0.389. The number of nitrogens with zero attached hydrogens (tertiary/aromatic N) is 2. The van der Waals surface area contributed by atoms with Gasteiger partial charge in [-0.15, -0.1) is 0 Å². The van der Waals surface area contributed by atoms with Gasteiger partial charge in [-0.25, -0.2) is 0 Å². The van der Waals surface area contributed by atoms with E-state index in [1.54, 1.807) is 0 Å². The molecule has 0 saturated carbocycles. The Bertz CT molecular complexity index is 242. The van der Waals surface area contributed by atoms with Crippen molar-refractivity contribution in [1.82, 2.24) is 10.3 Å². The lowest BCUT2D eigenvalue weighted by atomic mass is 10.1. The fraction of sp³-hybridized carbons (Fsp3) is 0.846.